The van der Waals surface area contributed by atoms with Crippen molar-refractivity contribution in [2.45, 2.75) is 31.7 Å². The van der Waals surface area contributed by atoms with Crippen LogP contribution in [-0.2, 0) is 10.3 Å². The van der Waals surface area contributed by atoms with Crippen LogP contribution in [0.2, 0.25) is 0 Å². The fraction of sp³-hybridized carbons (Fsp3) is 0.545. The molecule has 1 aromatic heterocycles. The van der Waals surface area contributed by atoms with Gasteiger partial charge in [0.2, 0.25) is 0 Å². The Morgan fingerprint density at radius 3 is 2.73 bits per heavy atom. The van der Waals surface area contributed by atoms with E-state index >= 15 is 0 Å². The van der Waals surface area contributed by atoms with Crippen molar-refractivity contribution in [1.82, 2.24) is 0 Å². The van der Waals surface area contributed by atoms with Crippen LogP contribution >= 0.6 is 0 Å². The van der Waals surface area contributed by atoms with Crippen LogP contribution in [0.25, 0.3) is 0 Å². The highest BCUT2D eigenvalue weighted by molar-refractivity contribution is 5.90. The molecular weight excluding hydrogens is 194 g/mol. The highest BCUT2D eigenvalue weighted by Gasteiger charge is 2.38. The largest absolute Gasteiger partial charge is 0.465 e. The summed E-state index contributed by atoms with van der Waals surface area (Å²) in [5.74, 6) is 0.908. The molecule has 0 unspecified atom stereocenters. The molecular formula is C11H15NO3. The van der Waals surface area contributed by atoms with Gasteiger partial charge in [-0.05, 0) is 32.3 Å². The molecule has 0 radical (unpaired) electrons. The number of hydrogen-bond acceptors (Lipinski definition) is 4. The van der Waals surface area contributed by atoms with Crippen molar-refractivity contribution in [2.75, 3.05) is 7.11 Å². The predicted octanol–water partition coefficient (Wildman–Crippen LogP) is 1.71. The summed E-state index contributed by atoms with van der Waals surface area (Å²) < 4.78 is 10.2. The summed E-state index contributed by atoms with van der Waals surface area (Å²) in [5, 5.41) is 0. The molecule has 15 heavy (non-hydrogen) atoms. The topological polar surface area (TPSA) is 65.5 Å². The van der Waals surface area contributed by atoms with Crippen molar-refractivity contribution in [3.63, 3.8) is 0 Å². The first kappa shape index (κ1) is 10.2. The van der Waals surface area contributed by atoms with Gasteiger partial charge in [-0.25, -0.2) is 4.79 Å². The van der Waals surface area contributed by atoms with Gasteiger partial charge in [0.1, 0.15) is 17.1 Å². The van der Waals surface area contributed by atoms with Crippen molar-refractivity contribution in [1.29, 1.82) is 0 Å². The third-order valence-electron chi connectivity index (χ3n) is 3.06. The molecule has 4 heteroatoms. The van der Waals surface area contributed by atoms with E-state index in [2.05, 4.69) is 4.74 Å². The SMILES string of the molecule is COC(=O)c1cc(C2(N)CCC2)oc1C. The summed E-state index contributed by atoms with van der Waals surface area (Å²) in [6, 6.07) is 1.71. The molecule has 0 atom stereocenters. The van der Waals surface area contributed by atoms with Crippen LogP contribution in [0.5, 0.6) is 0 Å². The minimum atomic E-state index is -0.370. The summed E-state index contributed by atoms with van der Waals surface area (Å²) in [5.41, 5.74) is 6.21. The zero-order valence-electron chi connectivity index (χ0n) is 9.00. The first-order valence-corrected chi connectivity index (χ1v) is 5.05. The molecule has 2 N–H and O–H groups in total. The lowest BCUT2D eigenvalue weighted by atomic mass is 9.76. The lowest BCUT2D eigenvalue weighted by molar-refractivity contribution is 0.0599. The van der Waals surface area contributed by atoms with E-state index < -0.39 is 0 Å². The van der Waals surface area contributed by atoms with E-state index in [0.29, 0.717) is 17.1 Å². The highest BCUT2D eigenvalue weighted by Crippen LogP contribution is 2.40. The number of nitrogens with two attached hydrogens (primary N) is 1. The number of aryl methyl sites for hydroxylation is 1. The second-order valence-electron chi connectivity index (χ2n) is 4.08. The van der Waals surface area contributed by atoms with Crippen molar-refractivity contribution < 1.29 is 13.9 Å². The van der Waals surface area contributed by atoms with Crippen LogP contribution in [0.4, 0.5) is 0 Å². The van der Waals surface area contributed by atoms with Crippen molar-refractivity contribution >= 4 is 5.97 Å². The molecule has 0 aliphatic heterocycles. The lowest BCUT2D eigenvalue weighted by Crippen LogP contribution is -2.42. The number of hydrogen-bond donors (Lipinski definition) is 1. The molecule has 0 spiro atoms. The maximum Gasteiger partial charge on any atom is 0.341 e. The van der Waals surface area contributed by atoms with Crippen LogP contribution in [-0.4, -0.2) is 13.1 Å². The second kappa shape index (κ2) is 3.38. The normalized spacial score (nSPS) is 18.3. The van der Waals surface area contributed by atoms with Crippen LogP contribution in [0, 0.1) is 6.92 Å². The third-order valence-corrected chi connectivity index (χ3v) is 3.06. The molecule has 0 aromatic carbocycles. The molecule has 4 nitrogen and oxygen atoms in total. The number of furan rings is 1. The standard InChI is InChI=1S/C11H15NO3/c1-7-8(10(13)14-2)6-9(15-7)11(12)4-3-5-11/h6H,3-5,12H2,1-2H3. The second-order valence-corrected chi connectivity index (χ2v) is 4.08. The van der Waals surface area contributed by atoms with Crippen molar-refractivity contribution in [3.8, 4) is 0 Å². The molecule has 1 heterocycles. The third kappa shape index (κ3) is 1.55. The fourth-order valence-corrected chi connectivity index (χ4v) is 1.84. The first-order chi connectivity index (χ1) is 7.07. The van der Waals surface area contributed by atoms with E-state index in [1.54, 1.807) is 13.0 Å². The van der Waals surface area contributed by atoms with Crippen LogP contribution < -0.4 is 5.73 Å². The molecule has 0 amide bonds. The Kier molecular flexibility index (Phi) is 2.31. The number of rotatable bonds is 2. The molecule has 2 rings (SSSR count). The molecule has 1 aliphatic rings. The van der Waals surface area contributed by atoms with Gasteiger partial charge >= 0.3 is 5.97 Å². The minimum Gasteiger partial charge on any atom is -0.465 e. The zero-order valence-corrected chi connectivity index (χ0v) is 9.00. The van der Waals surface area contributed by atoms with E-state index in [0.717, 1.165) is 19.3 Å². The molecule has 1 saturated carbocycles. The Morgan fingerprint density at radius 1 is 1.60 bits per heavy atom. The average molecular weight is 209 g/mol. The van der Waals surface area contributed by atoms with Crippen LogP contribution in [0.1, 0.15) is 41.1 Å². The monoisotopic (exact) mass is 209 g/mol. The summed E-state index contributed by atoms with van der Waals surface area (Å²) in [6.45, 7) is 1.75. The van der Waals surface area contributed by atoms with Crippen molar-refractivity contribution in [3.05, 3.63) is 23.2 Å². The van der Waals surface area contributed by atoms with Gasteiger partial charge in [0.25, 0.3) is 0 Å². The van der Waals surface area contributed by atoms with Crippen LogP contribution in [0.15, 0.2) is 10.5 Å². The zero-order chi connectivity index (χ0) is 11.1. The van der Waals surface area contributed by atoms with Gasteiger partial charge in [0, 0.05) is 0 Å². The number of methoxy groups -OCH3 is 1. The summed E-state index contributed by atoms with van der Waals surface area (Å²) >= 11 is 0. The predicted molar refractivity (Wildman–Crippen MR) is 54.5 cm³/mol. The average Bonchev–Trinajstić information content (AvgIpc) is 2.56. The maximum atomic E-state index is 11.4. The van der Waals surface area contributed by atoms with E-state index in [4.69, 9.17) is 10.2 Å². The van der Waals surface area contributed by atoms with Gasteiger partial charge < -0.3 is 14.9 Å². The summed E-state index contributed by atoms with van der Waals surface area (Å²) in [7, 11) is 1.36. The smallest absolute Gasteiger partial charge is 0.341 e. The van der Waals surface area contributed by atoms with Gasteiger partial charge in [0.15, 0.2) is 0 Å². The number of carbonyl (C=O) groups excluding carboxylic acids is 1. The fourth-order valence-electron chi connectivity index (χ4n) is 1.84. The van der Waals surface area contributed by atoms with E-state index in [1.807, 2.05) is 0 Å². The first-order valence-electron chi connectivity index (χ1n) is 5.05. The van der Waals surface area contributed by atoms with E-state index in [-0.39, 0.29) is 11.5 Å². The Labute approximate surface area is 88.4 Å². The summed E-state index contributed by atoms with van der Waals surface area (Å²) in [4.78, 5) is 11.4. The van der Waals surface area contributed by atoms with Gasteiger partial charge in [-0.15, -0.1) is 0 Å². The maximum absolute atomic E-state index is 11.4. The Bertz CT molecular complexity index is 391. The minimum absolute atomic E-state index is 0.364. The summed E-state index contributed by atoms with van der Waals surface area (Å²) in [6.07, 6.45) is 2.95. The lowest BCUT2D eigenvalue weighted by Gasteiger charge is -2.35. The van der Waals surface area contributed by atoms with Crippen LogP contribution in [0.3, 0.4) is 0 Å². The van der Waals surface area contributed by atoms with Gasteiger partial charge in [0.05, 0.1) is 12.6 Å². The quantitative estimate of drug-likeness (QED) is 0.753. The Hall–Kier alpha value is -1.29. The number of ether oxygens (including phenoxy) is 1. The number of carbonyl (C=O) groups is 1. The molecule has 1 aliphatic carbocycles. The molecule has 1 fully saturated rings. The highest BCUT2D eigenvalue weighted by atomic mass is 16.5. The molecule has 82 valence electrons. The Balaban J connectivity index is 2.32. The van der Waals surface area contributed by atoms with Gasteiger partial charge in [-0.3, -0.25) is 0 Å². The number of esters is 1. The van der Waals surface area contributed by atoms with E-state index in [1.165, 1.54) is 7.11 Å². The molecule has 1 aromatic rings. The van der Waals surface area contributed by atoms with Gasteiger partial charge in [-0.1, -0.05) is 0 Å². The van der Waals surface area contributed by atoms with Gasteiger partial charge in [-0.2, -0.15) is 0 Å². The molecule has 0 saturated heterocycles. The van der Waals surface area contributed by atoms with Crippen molar-refractivity contribution in [2.24, 2.45) is 5.73 Å². The molecule has 0 bridgehead atoms. The Morgan fingerprint density at radius 2 is 2.27 bits per heavy atom. The van der Waals surface area contributed by atoms with E-state index in [9.17, 15) is 4.79 Å².